The van der Waals surface area contributed by atoms with Crippen LogP contribution in [0.3, 0.4) is 0 Å². The summed E-state index contributed by atoms with van der Waals surface area (Å²) in [5.41, 5.74) is -2.43. The number of alkyl halides is 4. The average Bonchev–Trinajstić information content (AvgIpc) is 2.31. The van der Waals surface area contributed by atoms with Gasteiger partial charge in [-0.2, -0.15) is 13.2 Å². The van der Waals surface area contributed by atoms with Crippen LogP contribution in [0.1, 0.15) is 19.3 Å². The van der Waals surface area contributed by atoms with Gasteiger partial charge in [0, 0.05) is 5.33 Å². The standard InChI is InChI=1S/C7H10BrF3O/c8-4-5-1-2-6(12,3-5)7(9,10)11/h5,12H,1-4H2. The van der Waals surface area contributed by atoms with Crippen LogP contribution in [0.5, 0.6) is 0 Å². The Labute approximate surface area is 77.1 Å². The predicted molar refractivity (Wildman–Crippen MR) is 42.1 cm³/mol. The molecule has 72 valence electrons. The maximum atomic E-state index is 12.2. The van der Waals surface area contributed by atoms with Crippen molar-refractivity contribution in [1.82, 2.24) is 0 Å². The van der Waals surface area contributed by atoms with Gasteiger partial charge in [-0.3, -0.25) is 0 Å². The molecule has 0 bridgehead atoms. The number of hydrogen-bond acceptors (Lipinski definition) is 1. The van der Waals surface area contributed by atoms with Gasteiger partial charge in [-0.05, 0) is 25.2 Å². The third kappa shape index (κ3) is 1.76. The van der Waals surface area contributed by atoms with E-state index in [2.05, 4.69) is 15.9 Å². The quantitative estimate of drug-likeness (QED) is 0.705. The third-order valence-corrected chi connectivity index (χ3v) is 3.25. The molecule has 0 aromatic carbocycles. The monoisotopic (exact) mass is 246 g/mol. The van der Waals surface area contributed by atoms with Gasteiger partial charge >= 0.3 is 6.18 Å². The van der Waals surface area contributed by atoms with Crippen molar-refractivity contribution < 1.29 is 18.3 Å². The first-order valence-corrected chi connectivity index (χ1v) is 4.86. The van der Waals surface area contributed by atoms with E-state index in [-0.39, 0.29) is 18.8 Å². The lowest BCUT2D eigenvalue weighted by molar-refractivity contribution is -0.257. The van der Waals surface area contributed by atoms with Crippen molar-refractivity contribution in [3.8, 4) is 0 Å². The second kappa shape index (κ2) is 3.18. The Hall–Kier alpha value is 0.230. The van der Waals surface area contributed by atoms with E-state index in [1.54, 1.807) is 0 Å². The molecular formula is C7H10BrF3O. The lowest BCUT2D eigenvalue weighted by atomic mass is 10.0. The Kier molecular flexibility index (Phi) is 2.73. The summed E-state index contributed by atoms with van der Waals surface area (Å²) in [4.78, 5) is 0. The van der Waals surface area contributed by atoms with Crippen molar-refractivity contribution in [2.75, 3.05) is 5.33 Å². The van der Waals surface area contributed by atoms with Crippen molar-refractivity contribution in [3.63, 3.8) is 0 Å². The van der Waals surface area contributed by atoms with Gasteiger partial charge in [0.1, 0.15) is 0 Å². The Balaban J connectivity index is 2.64. The maximum absolute atomic E-state index is 12.2. The van der Waals surface area contributed by atoms with Gasteiger partial charge < -0.3 is 5.11 Å². The van der Waals surface area contributed by atoms with E-state index < -0.39 is 11.8 Å². The fourth-order valence-electron chi connectivity index (χ4n) is 1.51. The summed E-state index contributed by atoms with van der Waals surface area (Å²) < 4.78 is 36.6. The lowest BCUT2D eigenvalue weighted by Gasteiger charge is -2.25. The molecule has 0 aliphatic heterocycles. The molecule has 0 spiro atoms. The SMILES string of the molecule is OC1(C(F)(F)F)CCC(CBr)C1. The molecule has 1 nitrogen and oxygen atoms in total. The molecule has 0 radical (unpaired) electrons. The van der Waals surface area contributed by atoms with Gasteiger partial charge in [0.05, 0.1) is 0 Å². The molecule has 1 aliphatic rings. The van der Waals surface area contributed by atoms with Crippen molar-refractivity contribution in [2.24, 2.45) is 5.92 Å². The van der Waals surface area contributed by atoms with E-state index in [9.17, 15) is 18.3 Å². The fourth-order valence-corrected chi connectivity index (χ4v) is 2.07. The molecule has 0 amide bonds. The fraction of sp³-hybridized carbons (Fsp3) is 1.00. The van der Waals surface area contributed by atoms with Crippen LogP contribution >= 0.6 is 15.9 Å². The molecule has 0 saturated heterocycles. The van der Waals surface area contributed by atoms with E-state index in [0.29, 0.717) is 11.8 Å². The zero-order chi connectivity index (χ0) is 9.41. The molecular weight excluding hydrogens is 237 g/mol. The van der Waals surface area contributed by atoms with Crippen molar-refractivity contribution in [1.29, 1.82) is 0 Å². The lowest BCUT2D eigenvalue weighted by Crippen LogP contribution is -2.42. The van der Waals surface area contributed by atoms with Crippen LogP contribution < -0.4 is 0 Å². The maximum Gasteiger partial charge on any atom is 0.417 e. The zero-order valence-electron chi connectivity index (χ0n) is 6.36. The third-order valence-electron chi connectivity index (χ3n) is 2.34. The highest BCUT2D eigenvalue weighted by Crippen LogP contribution is 2.45. The smallest absolute Gasteiger partial charge is 0.380 e. The van der Waals surface area contributed by atoms with Crippen LogP contribution in [0.2, 0.25) is 0 Å². The molecule has 0 aromatic rings. The van der Waals surface area contributed by atoms with Crippen molar-refractivity contribution in [2.45, 2.75) is 31.0 Å². The van der Waals surface area contributed by atoms with Crippen molar-refractivity contribution >= 4 is 15.9 Å². The molecule has 2 unspecified atom stereocenters. The average molecular weight is 247 g/mol. The summed E-state index contributed by atoms with van der Waals surface area (Å²) in [6, 6.07) is 0. The topological polar surface area (TPSA) is 20.2 Å². The summed E-state index contributed by atoms with van der Waals surface area (Å²) >= 11 is 3.12. The van der Waals surface area contributed by atoms with Gasteiger partial charge in [-0.15, -0.1) is 0 Å². The van der Waals surface area contributed by atoms with Gasteiger partial charge in [-0.1, -0.05) is 15.9 Å². The Morgan fingerprint density at radius 3 is 2.33 bits per heavy atom. The van der Waals surface area contributed by atoms with Gasteiger partial charge in [-0.25, -0.2) is 0 Å². The molecule has 1 fully saturated rings. The number of rotatable bonds is 1. The number of aliphatic hydroxyl groups is 1. The molecule has 1 aliphatic carbocycles. The first-order chi connectivity index (χ1) is 5.39. The summed E-state index contributed by atoms with van der Waals surface area (Å²) in [5.74, 6) is -0.0448. The van der Waals surface area contributed by atoms with Crippen LogP contribution in [0, 0.1) is 5.92 Å². The van der Waals surface area contributed by atoms with E-state index in [4.69, 9.17) is 0 Å². The minimum atomic E-state index is -4.47. The Morgan fingerprint density at radius 2 is 2.08 bits per heavy atom. The van der Waals surface area contributed by atoms with Crippen LogP contribution in [0.15, 0.2) is 0 Å². The molecule has 2 atom stereocenters. The first-order valence-electron chi connectivity index (χ1n) is 3.74. The van der Waals surface area contributed by atoms with Crippen LogP contribution in [-0.2, 0) is 0 Å². The summed E-state index contributed by atoms with van der Waals surface area (Å²) in [5, 5.41) is 9.72. The van der Waals surface area contributed by atoms with Gasteiger partial charge in [0.25, 0.3) is 0 Å². The summed E-state index contributed by atoms with van der Waals surface area (Å²) in [6.45, 7) is 0. The number of hydrogen-bond donors (Lipinski definition) is 1. The predicted octanol–water partition coefficient (Wildman–Crippen LogP) is 2.47. The van der Waals surface area contributed by atoms with Crippen LogP contribution in [0.4, 0.5) is 13.2 Å². The van der Waals surface area contributed by atoms with E-state index in [1.807, 2.05) is 0 Å². The second-order valence-electron chi connectivity index (χ2n) is 3.29. The van der Waals surface area contributed by atoms with Crippen molar-refractivity contribution in [3.05, 3.63) is 0 Å². The highest BCUT2D eigenvalue weighted by molar-refractivity contribution is 9.09. The highest BCUT2D eigenvalue weighted by Gasteiger charge is 2.56. The molecule has 1 rings (SSSR count). The Morgan fingerprint density at radius 1 is 1.50 bits per heavy atom. The van der Waals surface area contributed by atoms with Crippen LogP contribution in [-0.4, -0.2) is 22.2 Å². The minimum Gasteiger partial charge on any atom is -0.380 e. The van der Waals surface area contributed by atoms with Gasteiger partial charge in [0.2, 0.25) is 0 Å². The van der Waals surface area contributed by atoms with E-state index in [1.165, 1.54) is 0 Å². The Bertz CT molecular complexity index is 171. The largest absolute Gasteiger partial charge is 0.417 e. The zero-order valence-corrected chi connectivity index (χ0v) is 7.95. The second-order valence-corrected chi connectivity index (χ2v) is 3.94. The number of halogens is 4. The minimum absolute atomic E-state index is 0.0448. The highest BCUT2D eigenvalue weighted by atomic mass is 79.9. The summed E-state index contributed by atoms with van der Waals surface area (Å²) in [7, 11) is 0. The van der Waals surface area contributed by atoms with E-state index in [0.717, 1.165) is 0 Å². The molecule has 5 heteroatoms. The normalized spacial score (nSPS) is 37.2. The molecule has 1 saturated carbocycles. The molecule has 12 heavy (non-hydrogen) atoms. The first kappa shape index (κ1) is 10.3. The van der Waals surface area contributed by atoms with Crippen LogP contribution in [0.25, 0.3) is 0 Å². The summed E-state index contributed by atoms with van der Waals surface area (Å²) in [6.07, 6.45) is -4.35. The molecule has 1 N–H and O–H groups in total. The molecule has 0 heterocycles. The van der Waals surface area contributed by atoms with E-state index >= 15 is 0 Å². The van der Waals surface area contributed by atoms with Gasteiger partial charge in [0.15, 0.2) is 5.60 Å². The molecule has 0 aromatic heterocycles.